The van der Waals surface area contributed by atoms with E-state index in [-0.39, 0.29) is 10.8 Å². The Labute approximate surface area is 120 Å². The van der Waals surface area contributed by atoms with E-state index in [1.807, 2.05) is 0 Å². The number of halogens is 4. The van der Waals surface area contributed by atoms with Crippen LogP contribution < -0.4 is 4.90 Å². The molecule has 0 atom stereocenters. The van der Waals surface area contributed by atoms with Gasteiger partial charge in [-0.15, -0.1) is 0 Å². The first-order valence-electron chi connectivity index (χ1n) is 6.38. The summed E-state index contributed by atoms with van der Waals surface area (Å²) in [7, 11) is 1.66. The minimum Gasteiger partial charge on any atom is -0.388 e. The van der Waals surface area contributed by atoms with Crippen molar-refractivity contribution in [2.75, 3.05) is 18.5 Å². The highest BCUT2D eigenvalue weighted by Gasteiger charge is 2.34. The molecule has 1 aromatic rings. The van der Waals surface area contributed by atoms with Crippen LogP contribution in [0.2, 0.25) is 5.02 Å². The number of pyridine rings is 1. The SMILES string of the molecule is CN(CC1(O)CCCC1)c1ncc(C(F)(F)F)cc1Cl. The van der Waals surface area contributed by atoms with Crippen molar-refractivity contribution in [3.63, 3.8) is 0 Å². The van der Waals surface area contributed by atoms with Crippen LogP contribution in [0.5, 0.6) is 0 Å². The van der Waals surface area contributed by atoms with Gasteiger partial charge in [-0.2, -0.15) is 13.2 Å². The molecule has 1 N–H and O–H groups in total. The maximum atomic E-state index is 12.5. The molecule has 1 saturated carbocycles. The Morgan fingerprint density at radius 1 is 1.40 bits per heavy atom. The standard InChI is InChI=1S/C13H16ClF3N2O/c1-19(8-12(20)4-2-3-5-12)11-10(14)6-9(7-18-11)13(15,16)17/h6-7,20H,2-5,8H2,1H3. The lowest BCUT2D eigenvalue weighted by Crippen LogP contribution is -2.39. The Balaban J connectivity index is 2.16. The summed E-state index contributed by atoms with van der Waals surface area (Å²) in [6.07, 6.45) is -0.407. The fourth-order valence-corrected chi connectivity index (χ4v) is 2.88. The molecule has 1 aliphatic rings. The number of likely N-dealkylation sites (N-methyl/N-ethyl adjacent to an activating group) is 1. The van der Waals surface area contributed by atoms with Crippen LogP contribution in [0.4, 0.5) is 19.0 Å². The molecule has 0 spiro atoms. The van der Waals surface area contributed by atoms with Crippen molar-refractivity contribution in [3.05, 3.63) is 22.8 Å². The summed E-state index contributed by atoms with van der Waals surface area (Å²) in [5.41, 5.74) is -1.68. The van der Waals surface area contributed by atoms with Gasteiger partial charge in [0.05, 0.1) is 16.2 Å². The third-order valence-electron chi connectivity index (χ3n) is 3.58. The summed E-state index contributed by atoms with van der Waals surface area (Å²) in [6.45, 7) is 0.311. The van der Waals surface area contributed by atoms with Gasteiger partial charge in [0.15, 0.2) is 0 Å². The fraction of sp³-hybridized carbons (Fsp3) is 0.615. The summed E-state index contributed by atoms with van der Waals surface area (Å²) in [6, 6.07) is 0.860. The highest BCUT2D eigenvalue weighted by molar-refractivity contribution is 6.33. The van der Waals surface area contributed by atoms with Crippen LogP contribution in [0.1, 0.15) is 31.2 Å². The lowest BCUT2D eigenvalue weighted by molar-refractivity contribution is -0.137. The van der Waals surface area contributed by atoms with E-state index in [2.05, 4.69) is 4.98 Å². The molecular formula is C13H16ClF3N2O. The molecule has 1 aromatic heterocycles. The van der Waals surface area contributed by atoms with Gasteiger partial charge in [0, 0.05) is 19.8 Å². The first-order chi connectivity index (χ1) is 9.21. The second kappa shape index (κ2) is 5.41. The second-order valence-electron chi connectivity index (χ2n) is 5.31. The Kier molecular flexibility index (Phi) is 4.16. The number of alkyl halides is 3. The van der Waals surface area contributed by atoms with Crippen LogP contribution in [-0.2, 0) is 6.18 Å². The molecule has 112 valence electrons. The van der Waals surface area contributed by atoms with E-state index in [1.165, 1.54) is 0 Å². The highest BCUT2D eigenvalue weighted by Crippen LogP contribution is 2.35. The average Bonchev–Trinajstić information content (AvgIpc) is 2.74. The summed E-state index contributed by atoms with van der Waals surface area (Å²) in [4.78, 5) is 5.39. The molecule has 2 rings (SSSR count). The normalized spacial score (nSPS) is 18.3. The van der Waals surface area contributed by atoms with Crippen molar-refractivity contribution in [2.45, 2.75) is 37.5 Å². The van der Waals surface area contributed by atoms with Gasteiger partial charge < -0.3 is 10.0 Å². The number of anilines is 1. The largest absolute Gasteiger partial charge is 0.417 e. The summed E-state index contributed by atoms with van der Waals surface area (Å²) in [5.74, 6) is 0.250. The number of hydrogen-bond acceptors (Lipinski definition) is 3. The molecule has 1 aliphatic carbocycles. The van der Waals surface area contributed by atoms with Gasteiger partial charge in [0.1, 0.15) is 5.82 Å². The minimum absolute atomic E-state index is 0.0658. The van der Waals surface area contributed by atoms with Crippen molar-refractivity contribution in [2.24, 2.45) is 0 Å². The third-order valence-corrected chi connectivity index (χ3v) is 3.85. The summed E-state index contributed by atoms with van der Waals surface area (Å²) < 4.78 is 37.6. The van der Waals surface area contributed by atoms with E-state index in [0.717, 1.165) is 25.1 Å². The second-order valence-corrected chi connectivity index (χ2v) is 5.72. The zero-order valence-corrected chi connectivity index (χ0v) is 11.8. The van der Waals surface area contributed by atoms with Crippen LogP contribution in [0.25, 0.3) is 0 Å². The molecule has 3 nitrogen and oxygen atoms in total. The zero-order chi connectivity index (χ0) is 15.0. The van der Waals surface area contributed by atoms with E-state index in [4.69, 9.17) is 11.6 Å². The first kappa shape index (κ1) is 15.4. The van der Waals surface area contributed by atoms with Gasteiger partial charge in [-0.1, -0.05) is 24.4 Å². The lowest BCUT2D eigenvalue weighted by Gasteiger charge is -2.29. The predicted molar refractivity (Wildman–Crippen MR) is 70.9 cm³/mol. The molecule has 0 aromatic carbocycles. The van der Waals surface area contributed by atoms with Crippen LogP contribution in [0.15, 0.2) is 12.3 Å². The molecule has 1 heterocycles. The molecular weight excluding hydrogens is 293 g/mol. The Hall–Kier alpha value is -1.01. The Morgan fingerprint density at radius 3 is 2.50 bits per heavy atom. The molecule has 7 heteroatoms. The Morgan fingerprint density at radius 2 is 2.00 bits per heavy atom. The summed E-state index contributed by atoms with van der Waals surface area (Å²) >= 11 is 5.88. The predicted octanol–water partition coefficient (Wildman–Crippen LogP) is 3.50. The van der Waals surface area contributed by atoms with E-state index in [0.29, 0.717) is 19.4 Å². The monoisotopic (exact) mass is 308 g/mol. The maximum absolute atomic E-state index is 12.5. The molecule has 0 amide bonds. The van der Waals surface area contributed by atoms with E-state index < -0.39 is 17.3 Å². The summed E-state index contributed by atoms with van der Waals surface area (Å²) in [5, 5.41) is 10.2. The molecule has 1 fully saturated rings. The van der Waals surface area contributed by atoms with E-state index in [9.17, 15) is 18.3 Å². The van der Waals surface area contributed by atoms with Gasteiger partial charge in [0.25, 0.3) is 0 Å². The lowest BCUT2D eigenvalue weighted by atomic mass is 10.0. The van der Waals surface area contributed by atoms with Crippen molar-refractivity contribution in [3.8, 4) is 0 Å². The minimum atomic E-state index is -4.46. The van der Waals surface area contributed by atoms with Gasteiger partial charge in [0.2, 0.25) is 0 Å². The van der Waals surface area contributed by atoms with Crippen molar-refractivity contribution in [1.29, 1.82) is 0 Å². The van der Waals surface area contributed by atoms with Gasteiger partial charge in [-0.25, -0.2) is 4.98 Å². The van der Waals surface area contributed by atoms with Gasteiger partial charge in [-0.05, 0) is 18.9 Å². The molecule has 0 aliphatic heterocycles. The van der Waals surface area contributed by atoms with Crippen molar-refractivity contribution in [1.82, 2.24) is 4.98 Å². The van der Waals surface area contributed by atoms with Gasteiger partial charge >= 0.3 is 6.18 Å². The number of hydrogen-bond donors (Lipinski definition) is 1. The van der Waals surface area contributed by atoms with Crippen molar-refractivity contribution < 1.29 is 18.3 Å². The van der Waals surface area contributed by atoms with Crippen LogP contribution in [0, 0.1) is 0 Å². The molecule has 0 unspecified atom stereocenters. The fourth-order valence-electron chi connectivity index (χ4n) is 2.57. The zero-order valence-electron chi connectivity index (χ0n) is 11.0. The molecule has 0 bridgehead atoms. The van der Waals surface area contributed by atoms with Crippen molar-refractivity contribution >= 4 is 17.4 Å². The topological polar surface area (TPSA) is 36.4 Å². The number of aliphatic hydroxyl groups is 1. The number of aromatic nitrogens is 1. The third kappa shape index (κ3) is 3.35. The van der Waals surface area contributed by atoms with Gasteiger partial charge in [-0.3, -0.25) is 0 Å². The maximum Gasteiger partial charge on any atom is 0.417 e. The van der Waals surface area contributed by atoms with E-state index in [1.54, 1.807) is 11.9 Å². The number of rotatable bonds is 3. The molecule has 20 heavy (non-hydrogen) atoms. The smallest absolute Gasteiger partial charge is 0.388 e. The molecule has 0 saturated heterocycles. The first-order valence-corrected chi connectivity index (χ1v) is 6.75. The average molecular weight is 309 g/mol. The quantitative estimate of drug-likeness (QED) is 0.928. The van der Waals surface area contributed by atoms with Crippen LogP contribution in [-0.4, -0.2) is 29.3 Å². The highest BCUT2D eigenvalue weighted by atomic mass is 35.5. The van der Waals surface area contributed by atoms with Crippen LogP contribution in [0.3, 0.4) is 0 Å². The van der Waals surface area contributed by atoms with E-state index >= 15 is 0 Å². The van der Waals surface area contributed by atoms with Crippen LogP contribution >= 0.6 is 11.6 Å². The number of nitrogens with zero attached hydrogens (tertiary/aromatic N) is 2. The Bertz CT molecular complexity index is 487. The molecule has 0 radical (unpaired) electrons.